The Labute approximate surface area is 123 Å². The predicted molar refractivity (Wildman–Crippen MR) is 81.1 cm³/mol. The van der Waals surface area contributed by atoms with Crippen molar-refractivity contribution in [1.29, 1.82) is 5.26 Å². The molecule has 0 atom stereocenters. The zero-order valence-electron chi connectivity index (χ0n) is 10.3. The number of nitrogens with two attached hydrogens (primary N) is 1. The Balaban J connectivity index is 2.41. The summed E-state index contributed by atoms with van der Waals surface area (Å²) in [6.45, 7) is 0.407. The molecule has 4 nitrogen and oxygen atoms in total. The Morgan fingerprint density at radius 1 is 1.58 bits per heavy atom. The summed E-state index contributed by atoms with van der Waals surface area (Å²) >= 11 is 4.83. The van der Waals surface area contributed by atoms with E-state index >= 15 is 0 Å². The van der Waals surface area contributed by atoms with E-state index in [-0.39, 0.29) is 5.91 Å². The van der Waals surface area contributed by atoms with Gasteiger partial charge >= 0.3 is 0 Å². The Kier molecular flexibility index (Phi) is 4.08. The van der Waals surface area contributed by atoms with Crippen molar-refractivity contribution >= 4 is 48.9 Å². The number of rotatable bonds is 3. The number of halogens is 1. The number of nitrogens with zero attached hydrogens (tertiary/aromatic N) is 2. The van der Waals surface area contributed by atoms with Crippen molar-refractivity contribution in [2.75, 3.05) is 19.3 Å². The number of fused-ring (bicyclic) bond motifs is 1. The molecular formula is C13H12BrN3OS. The minimum absolute atomic E-state index is 0.138. The number of amides is 1. The summed E-state index contributed by atoms with van der Waals surface area (Å²) < 4.78 is 1.86. The van der Waals surface area contributed by atoms with Gasteiger partial charge in [-0.2, -0.15) is 5.26 Å². The second-order valence-electron chi connectivity index (χ2n) is 4.09. The Bertz CT molecular complexity index is 674. The second-order valence-corrected chi connectivity index (χ2v) is 6.00. The van der Waals surface area contributed by atoms with Gasteiger partial charge in [0.15, 0.2) is 0 Å². The van der Waals surface area contributed by atoms with Gasteiger partial charge in [-0.1, -0.05) is 22.0 Å². The molecule has 6 heteroatoms. The van der Waals surface area contributed by atoms with Gasteiger partial charge in [-0.25, -0.2) is 0 Å². The van der Waals surface area contributed by atoms with Gasteiger partial charge in [0.25, 0.3) is 5.91 Å². The van der Waals surface area contributed by atoms with Crippen LogP contribution in [0.3, 0.4) is 0 Å². The minimum Gasteiger partial charge on any atom is -0.397 e. The summed E-state index contributed by atoms with van der Waals surface area (Å²) in [5, 5.41) is 9.44. The Morgan fingerprint density at radius 3 is 2.95 bits per heavy atom. The lowest BCUT2D eigenvalue weighted by atomic mass is 10.2. The van der Waals surface area contributed by atoms with Gasteiger partial charge in [0.2, 0.25) is 0 Å². The third-order valence-corrected chi connectivity index (χ3v) is 4.62. The average Bonchev–Trinajstić information content (AvgIpc) is 2.73. The molecule has 1 amide bonds. The van der Waals surface area contributed by atoms with Crippen LogP contribution in [0.1, 0.15) is 16.1 Å². The molecule has 0 saturated carbocycles. The summed E-state index contributed by atoms with van der Waals surface area (Å²) in [4.78, 5) is 14.3. The molecule has 2 rings (SSSR count). The van der Waals surface area contributed by atoms with E-state index in [0.29, 0.717) is 23.5 Å². The van der Waals surface area contributed by atoms with Crippen LogP contribution in [0.5, 0.6) is 0 Å². The van der Waals surface area contributed by atoms with E-state index in [4.69, 9.17) is 11.0 Å². The number of hydrogen-bond acceptors (Lipinski definition) is 4. The van der Waals surface area contributed by atoms with E-state index in [0.717, 1.165) is 14.6 Å². The summed E-state index contributed by atoms with van der Waals surface area (Å²) in [5.74, 6) is -0.138. The normalized spacial score (nSPS) is 10.4. The maximum absolute atomic E-state index is 12.3. The summed E-state index contributed by atoms with van der Waals surface area (Å²) in [6.07, 6.45) is 0.316. The molecule has 0 saturated heterocycles. The van der Waals surface area contributed by atoms with E-state index in [1.807, 2.05) is 24.3 Å². The summed E-state index contributed by atoms with van der Waals surface area (Å²) in [6, 6.07) is 7.78. The van der Waals surface area contributed by atoms with Gasteiger partial charge < -0.3 is 10.6 Å². The molecular weight excluding hydrogens is 326 g/mol. The Morgan fingerprint density at radius 2 is 2.32 bits per heavy atom. The molecule has 0 bridgehead atoms. The van der Waals surface area contributed by atoms with Crippen molar-refractivity contribution in [3.05, 3.63) is 27.5 Å². The first-order valence-electron chi connectivity index (χ1n) is 5.65. The molecule has 1 aromatic carbocycles. The molecule has 0 unspecified atom stereocenters. The van der Waals surface area contributed by atoms with Gasteiger partial charge in [0, 0.05) is 28.2 Å². The molecule has 2 N–H and O–H groups in total. The van der Waals surface area contributed by atoms with Crippen LogP contribution in [0, 0.1) is 11.3 Å². The van der Waals surface area contributed by atoms with Crippen molar-refractivity contribution in [3.63, 3.8) is 0 Å². The number of carbonyl (C=O) groups is 1. The SMILES string of the molecule is CN(CCC#N)C(=O)c1sc2cccc(Br)c2c1N. The molecule has 19 heavy (non-hydrogen) atoms. The minimum atomic E-state index is -0.138. The molecule has 0 aliphatic carbocycles. The standard InChI is InChI=1S/C13H12BrN3OS/c1-17(7-3-6-15)13(18)12-11(16)10-8(14)4-2-5-9(10)19-12/h2,4-5H,3,7,16H2,1H3. The van der Waals surface area contributed by atoms with E-state index in [1.54, 1.807) is 7.05 Å². The molecule has 1 heterocycles. The highest BCUT2D eigenvalue weighted by atomic mass is 79.9. The third kappa shape index (κ3) is 2.57. The molecule has 0 aliphatic heterocycles. The average molecular weight is 338 g/mol. The van der Waals surface area contributed by atoms with Gasteiger partial charge in [0.05, 0.1) is 18.2 Å². The van der Waals surface area contributed by atoms with Gasteiger partial charge in [-0.3, -0.25) is 4.79 Å². The number of benzene rings is 1. The first-order valence-corrected chi connectivity index (χ1v) is 7.26. The van der Waals surface area contributed by atoms with Crippen LogP contribution in [0.25, 0.3) is 10.1 Å². The van der Waals surface area contributed by atoms with Gasteiger partial charge in [-0.15, -0.1) is 11.3 Å². The molecule has 1 aromatic heterocycles. The first kappa shape index (κ1) is 13.8. The number of carbonyl (C=O) groups excluding carboxylic acids is 1. The highest BCUT2D eigenvalue weighted by molar-refractivity contribution is 9.10. The molecule has 0 radical (unpaired) electrons. The molecule has 0 fully saturated rings. The van der Waals surface area contributed by atoms with Crippen LogP contribution in [0.2, 0.25) is 0 Å². The molecule has 98 valence electrons. The molecule has 0 aliphatic rings. The maximum Gasteiger partial charge on any atom is 0.265 e. The van der Waals surface area contributed by atoms with Crippen molar-refractivity contribution in [1.82, 2.24) is 4.90 Å². The Hall–Kier alpha value is -1.58. The van der Waals surface area contributed by atoms with Crippen molar-refractivity contribution < 1.29 is 4.79 Å². The van der Waals surface area contributed by atoms with Crippen LogP contribution in [0.4, 0.5) is 5.69 Å². The van der Waals surface area contributed by atoms with Gasteiger partial charge in [0.1, 0.15) is 4.88 Å². The fourth-order valence-corrected chi connectivity index (χ4v) is 3.64. The van der Waals surface area contributed by atoms with E-state index < -0.39 is 0 Å². The lowest BCUT2D eigenvalue weighted by Crippen LogP contribution is -2.27. The maximum atomic E-state index is 12.3. The smallest absolute Gasteiger partial charge is 0.265 e. The number of hydrogen-bond donors (Lipinski definition) is 1. The predicted octanol–water partition coefficient (Wildman–Crippen LogP) is 3.23. The second kappa shape index (κ2) is 5.59. The number of thiophene rings is 1. The fourth-order valence-electron chi connectivity index (χ4n) is 1.78. The highest BCUT2D eigenvalue weighted by Gasteiger charge is 2.20. The third-order valence-electron chi connectivity index (χ3n) is 2.80. The summed E-state index contributed by atoms with van der Waals surface area (Å²) in [5.41, 5.74) is 6.58. The fraction of sp³-hybridized carbons (Fsp3) is 0.231. The zero-order valence-corrected chi connectivity index (χ0v) is 12.7. The van der Waals surface area contributed by atoms with Crippen LogP contribution in [-0.4, -0.2) is 24.4 Å². The lowest BCUT2D eigenvalue weighted by molar-refractivity contribution is 0.0804. The van der Waals surface area contributed by atoms with Crippen LogP contribution < -0.4 is 5.73 Å². The quantitative estimate of drug-likeness (QED) is 0.934. The number of nitriles is 1. The molecule has 0 spiro atoms. The number of nitrogen functional groups attached to an aromatic ring is 1. The van der Waals surface area contributed by atoms with E-state index in [1.165, 1.54) is 16.2 Å². The monoisotopic (exact) mass is 337 g/mol. The van der Waals surface area contributed by atoms with E-state index in [9.17, 15) is 4.79 Å². The van der Waals surface area contributed by atoms with Crippen molar-refractivity contribution in [2.45, 2.75) is 6.42 Å². The number of anilines is 1. The first-order chi connectivity index (χ1) is 9.06. The summed E-state index contributed by atoms with van der Waals surface area (Å²) in [7, 11) is 1.68. The van der Waals surface area contributed by atoms with Crippen LogP contribution in [0.15, 0.2) is 22.7 Å². The molecule has 2 aromatic rings. The topological polar surface area (TPSA) is 70.1 Å². The van der Waals surface area contributed by atoms with E-state index in [2.05, 4.69) is 15.9 Å². The van der Waals surface area contributed by atoms with Crippen molar-refractivity contribution in [2.24, 2.45) is 0 Å². The van der Waals surface area contributed by atoms with Crippen LogP contribution in [-0.2, 0) is 0 Å². The lowest BCUT2D eigenvalue weighted by Gasteiger charge is -2.14. The van der Waals surface area contributed by atoms with Crippen molar-refractivity contribution in [3.8, 4) is 6.07 Å². The largest absolute Gasteiger partial charge is 0.397 e. The van der Waals surface area contributed by atoms with Gasteiger partial charge in [-0.05, 0) is 12.1 Å². The highest BCUT2D eigenvalue weighted by Crippen LogP contribution is 2.38. The zero-order chi connectivity index (χ0) is 14.0. The van der Waals surface area contributed by atoms with Crippen LogP contribution >= 0.6 is 27.3 Å².